The highest BCUT2D eigenvalue weighted by molar-refractivity contribution is 5.76. The number of benzene rings is 1. The quantitative estimate of drug-likeness (QED) is 0.551. The van der Waals surface area contributed by atoms with E-state index in [2.05, 4.69) is 27.8 Å². The number of aromatic nitrogens is 3. The van der Waals surface area contributed by atoms with E-state index < -0.39 is 5.97 Å². The fraction of sp³-hybridized carbons (Fsp3) is 0.174. The summed E-state index contributed by atoms with van der Waals surface area (Å²) in [7, 11) is 0. The van der Waals surface area contributed by atoms with Crippen molar-refractivity contribution in [3.8, 4) is 6.07 Å². The van der Waals surface area contributed by atoms with Crippen molar-refractivity contribution in [3.05, 3.63) is 94.8 Å². The summed E-state index contributed by atoms with van der Waals surface area (Å²) in [6.07, 6.45) is 5.99. The Bertz CT molecular complexity index is 1230. The standard InChI is InChI=1S/C23H20N4O2/c1-16-19(11-23(28)29)20-8-7-18(13-24)15-27(20)21(16)12-22-25-9-10-26(22)14-17-5-3-2-4-6-17/h2-10,15H,11-12,14H2,1H3,(H,28,29). The molecule has 6 nitrogen and oxygen atoms in total. The van der Waals surface area contributed by atoms with Crippen molar-refractivity contribution < 1.29 is 9.90 Å². The van der Waals surface area contributed by atoms with Crippen LogP contribution in [-0.4, -0.2) is 25.0 Å². The van der Waals surface area contributed by atoms with Gasteiger partial charge in [-0.15, -0.1) is 0 Å². The van der Waals surface area contributed by atoms with Crippen LogP contribution in [0, 0.1) is 18.3 Å². The Morgan fingerprint density at radius 2 is 2.00 bits per heavy atom. The van der Waals surface area contributed by atoms with Crippen LogP contribution in [0.5, 0.6) is 0 Å². The fourth-order valence-electron chi connectivity index (χ4n) is 3.76. The maximum Gasteiger partial charge on any atom is 0.307 e. The van der Waals surface area contributed by atoms with Gasteiger partial charge in [0.1, 0.15) is 11.9 Å². The molecule has 0 radical (unpaired) electrons. The molecule has 4 rings (SSSR count). The van der Waals surface area contributed by atoms with Gasteiger partial charge in [0.2, 0.25) is 0 Å². The minimum Gasteiger partial charge on any atom is -0.481 e. The molecule has 4 aromatic rings. The zero-order chi connectivity index (χ0) is 20.4. The van der Waals surface area contributed by atoms with E-state index in [1.54, 1.807) is 18.5 Å². The molecule has 0 aliphatic rings. The Balaban J connectivity index is 1.77. The molecule has 29 heavy (non-hydrogen) atoms. The third-order valence-electron chi connectivity index (χ3n) is 5.21. The van der Waals surface area contributed by atoms with Gasteiger partial charge in [0, 0.05) is 42.8 Å². The molecule has 0 unspecified atom stereocenters. The summed E-state index contributed by atoms with van der Waals surface area (Å²) in [6, 6.07) is 15.9. The van der Waals surface area contributed by atoms with Gasteiger partial charge in [-0.2, -0.15) is 5.26 Å². The van der Waals surface area contributed by atoms with E-state index >= 15 is 0 Å². The molecule has 0 amide bonds. The first kappa shape index (κ1) is 18.5. The van der Waals surface area contributed by atoms with Gasteiger partial charge >= 0.3 is 5.97 Å². The van der Waals surface area contributed by atoms with Crippen LogP contribution in [0.15, 0.2) is 61.1 Å². The molecule has 0 aliphatic carbocycles. The lowest BCUT2D eigenvalue weighted by Crippen LogP contribution is -2.07. The number of imidazole rings is 1. The summed E-state index contributed by atoms with van der Waals surface area (Å²) < 4.78 is 4.03. The minimum absolute atomic E-state index is 0.0559. The first-order valence-electron chi connectivity index (χ1n) is 9.35. The molecule has 0 spiro atoms. The van der Waals surface area contributed by atoms with Crippen molar-refractivity contribution in [2.45, 2.75) is 26.3 Å². The highest BCUT2D eigenvalue weighted by Gasteiger charge is 2.19. The monoisotopic (exact) mass is 384 g/mol. The van der Waals surface area contributed by atoms with Crippen molar-refractivity contribution in [2.75, 3.05) is 0 Å². The number of rotatable bonds is 6. The van der Waals surface area contributed by atoms with Crippen LogP contribution in [0.3, 0.4) is 0 Å². The van der Waals surface area contributed by atoms with Crippen molar-refractivity contribution in [3.63, 3.8) is 0 Å². The van der Waals surface area contributed by atoms with E-state index in [9.17, 15) is 15.2 Å². The molecular weight excluding hydrogens is 364 g/mol. The Kier molecular flexibility index (Phi) is 4.88. The van der Waals surface area contributed by atoms with Gasteiger partial charge in [0.25, 0.3) is 0 Å². The number of pyridine rings is 1. The van der Waals surface area contributed by atoms with Gasteiger partial charge in [0.05, 0.1) is 12.0 Å². The number of hydrogen-bond donors (Lipinski definition) is 1. The van der Waals surface area contributed by atoms with Crippen molar-refractivity contribution in [1.82, 2.24) is 14.0 Å². The van der Waals surface area contributed by atoms with Gasteiger partial charge in [0.15, 0.2) is 0 Å². The lowest BCUT2D eigenvalue weighted by Gasteiger charge is -2.09. The Labute approximate surface area is 168 Å². The third-order valence-corrected chi connectivity index (χ3v) is 5.21. The van der Waals surface area contributed by atoms with E-state index in [-0.39, 0.29) is 6.42 Å². The van der Waals surface area contributed by atoms with Crippen LogP contribution in [0.25, 0.3) is 5.52 Å². The van der Waals surface area contributed by atoms with E-state index in [0.29, 0.717) is 18.5 Å². The van der Waals surface area contributed by atoms with Gasteiger partial charge in [-0.25, -0.2) is 4.98 Å². The van der Waals surface area contributed by atoms with Crippen molar-refractivity contribution in [2.24, 2.45) is 0 Å². The Morgan fingerprint density at radius 1 is 1.21 bits per heavy atom. The molecule has 0 saturated heterocycles. The molecule has 0 bridgehead atoms. The van der Waals surface area contributed by atoms with Gasteiger partial charge < -0.3 is 14.1 Å². The number of hydrogen-bond acceptors (Lipinski definition) is 3. The van der Waals surface area contributed by atoms with Crippen molar-refractivity contribution in [1.29, 1.82) is 5.26 Å². The number of carboxylic acids is 1. The Morgan fingerprint density at radius 3 is 2.72 bits per heavy atom. The minimum atomic E-state index is -0.873. The highest BCUT2D eigenvalue weighted by Crippen LogP contribution is 2.26. The Hall–Kier alpha value is -3.85. The number of carbonyl (C=O) groups is 1. The molecular formula is C23H20N4O2. The van der Waals surface area contributed by atoms with E-state index in [4.69, 9.17) is 0 Å². The lowest BCUT2D eigenvalue weighted by atomic mass is 10.1. The average molecular weight is 384 g/mol. The zero-order valence-electron chi connectivity index (χ0n) is 16.0. The highest BCUT2D eigenvalue weighted by atomic mass is 16.4. The first-order valence-corrected chi connectivity index (χ1v) is 9.35. The molecule has 0 saturated carbocycles. The number of nitrogens with zero attached hydrogens (tertiary/aromatic N) is 4. The molecule has 6 heteroatoms. The summed E-state index contributed by atoms with van der Waals surface area (Å²) in [5, 5.41) is 18.6. The maximum absolute atomic E-state index is 11.4. The zero-order valence-corrected chi connectivity index (χ0v) is 16.0. The number of nitriles is 1. The van der Waals surface area contributed by atoms with E-state index in [1.165, 1.54) is 5.56 Å². The molecule has 3 aromatic heterocycles. The summed E-state index contributed by atoms with van der Waals surface area (Å²) in [4.78, 5) is 15.9. The predicted octanol–water partition coefficient (Wildman–Crippen LogP) is 3.58. The van der Waals surface area contributed by atoms with Crippen LogP contribution >= 0.6 is 0 Å². The third kappa shape index (κ3) is 3.63. The van der Waals surface area contributed by atoms with Gasteiger partial charge in [-0.05, 0) is 35.7 Å². The van der Waals surface area contributed by atoms with Crippen LogP contribution in [0.4, 0.5) is 0 Å². The summed E-state index contributed by atoms with van der Waals surface area (Å²) in [6.45, 7) is 2.65. The lowest BCUT2D eigenvalue weighted by molar-refractivity contribution is -0.136. The SMILES string of the molecule is Cc1c(CC(=O)O)c2ccc(C#N)cn2c1Cc1nccn1Cc1ccccc1. The number of aliphatic carboxylic acids is 1. The topological polar surface area (TPSA) is 83.3 Å². The summed E-state index contributed by atoms with van der Waals surface area (Å²) in [5.74, 6) is 0.0164. The predicted molar refractivity (Wildman–Crippen MR) is 109 cm³/mol. The molecule has 0 aliphatic heterocycles. The molecule has 3 heterocycles. The smallest absolute Gasteiger partial charge is 0.307 e. The molecule has 0 fully saturated rings. The normalized spacial score (nSPS) is 10.9. The second-order valence-electron chi connectivity index (χ2n) is 7.04. The molecule has 1 N–H and O–H groups in total. The molecule has 0 atom stereocenters. The molecule has 1 aromatic carbocycles. The van der Waals surface area contributed by atoms with Crippen LogP contribution < -0.4 is 0 Å². The number of carboxylic acid groups (broad SMARTS) is 1. The maximum atomic E-state index is 11.4. The van der Waals surface area contributed by atoms with Gasteiger partial charge in [-0.3, -0.25) is 4.79 Å². The van der Waals surface area contributed by atoms with Crippen molar-refractivity contribution >= 4 is 11.5 Å². The van der Waals surface area contributed by atoms with Crippen LogP contribution in [-0.2, 0) is 24.2 Å². The largest absolute Gasteiger partial charge is 0.481 e. The average Bonchev–Trinajstić information content (AvgIpc) is 3.26. The van der Waals surface area contributed by atoms with Crippen LogP contribution in [0.1, 0.15) is 33.8 Å². The van der Waals surface area contributed by atoms with Crippen LogP contribution in [0.2, 0.25) is 0 Å². The summed E-state index contributed by atoms with van der Waals surface area (Å²) >= 11 is 0. The summed E-state index contributed by atoms with van der Waals surface area (Å²) in [5.41, 5.74) is 5.19. The molecule has 144 valence electrons. The number of fused-ring (bicyclic) bond motifs is 1. The second kappa shape index (κ2) is 7.64. The first-order chi connectivity index (χ1) is 14.1. The fourth-order valence-corrected chi connectivity index (χ4v) is 3.76. The van der Waals surface area contributed by atoms with Gasteiger partial charge in [-0.1, -0.05) is 30.3 Å². The van der Waals surface area contributed by atoms with E-state index in [0.717, 1.165) is 28.2 Å². The second-order valence-corrected chi connectivity index (χ2v) is 7.04. The van der Waals surface area contributed by atoms with E-state index in [1.807, 2.05) is 41.8 Å².